The lowest BCUT2D eigenvalue weighted by Gasteiger charge is -2.35. The first-order valence-corrected chi connectivity index (χ1v) is 9.88. The molecule has 2 amide bonds. The summed E-state index contributed by atoms with van der Waals surface area (Å²) in [4.78, 5) is 28.7. The van der Waals surface area contributed by atoms with Crippen molar-refractivity contribution in [3.05, 3.63) is 69.5 Å². The molecule has 1 saturated heterocycles. The quantitative estimate of drug-likeness (QED) is 0.721. The molecule has 0 radical (unpaired) electrons. The van der Waals surface area contributed by atoms with Crippen molar-refractivity contribution in [3.63, 3.8) is 0 Å². The number of nitrogens with zero attached hydrogens (tertiary/aromatic N) is 2. The monoisotopic (exact) mass is 422 g/mol. The molecule has 1 heterocycles. The van der Waals surface area contributed by atoms with Crippen LogP contribution in [0.1, 0.15) is 35.2 Å². The van der Waals surface area contributed by atoms with Crippen molar-refractivity contribution in [1.82, 2.24) is 9.80 Å². The first-order chi connectivity index (χ1) is 13.3. The van der Waals surface area contributed by atoms with Gasteiger partial charge in [0.2, 0.25) is 5.91 Å². The van der Waals surface area contributed by atoms with E-state index in [4.69, 9.17) is 23.2 Å². The molecule has 1 aliphatic heterocycles. The van der Waals surface area contributed by atoms with E-state index in [2.05, 4.69) is 0 Å². The van der Waals surface area contributed by atoms with Crippen molar-refractivity contribution in [2.45, 2.75) is 19.3 Å². The summed E-state index contributed by atoms with van der Waals surface area (Å²) < 4.78 is 13.1. The molecule has 0 N–H and O–H groups in total. The van der Waals surface area contributed by atoms with E-state index < -0.39 is 0 Å². The number of halogens is 3. The molecular formula is C21H21Cl2FN2O2. The summed E-state index contributed by atoms with van der Waals surface area (Å²) in [5.74, 6) is -0.411. The van der Waals surface area contributed by atoms with Gasteiger partial charge >= 0.3 is 0 Å². The Morgan fingerprint density at radius 3 is 2.21 bits per heavy atom. The number of rotatable bonds is 4. The first-order valence-electron chi connectivity index (χ1n) is 9.12. The maximum atomic E-state index is 13.1. The van der Waals surface area contributed by atoms with E-state index in [0.29, 0.717) is 48.2 Å². The van der Waals surface area contributed by atoms with Crippen LogP contribution < -0.4 is 0 Å². The van der Waals surface area contributed by atoms with Crippen LogP contribution in [0, 0.1) is 5.82 Å². The van der Waals surface area contributed by atoms with Gasteiger partial charge in [0.05, 0.1) is 10.6 Å². The van der Waals surface area contributed by atoms with E-state index in [-0.39, 0.29) is 23.5 Å². The van der Waals surface area contributed by atoms with E-state index in [1.54, 1.807) is 40.1 Å². The van der Waals surface area contributed by atoms with Gasteiger partial charge in [-0.1, -0.05) is 42.3 Å². The fourth-order valence-electron chi connectivity index (χ4n) is 3.29. The van der Waals surface area contributed by atoms with Crippen molar-refractivity contribution in [1.29, 1.82) is 0 Å². The van der Waals surface area contributed by atoms with E-state index in [9.17, 15) is 14.0 Å². The maximum absolute atomic E-state index is 13.1. The molecular weight excluding hydrogens is 402 g/mol. The Kier molecular flexibility index (Phi) is 6.57. The molecule has 28 heavy (non-hydrogen) atoms. The SMILES string of the molecule is CC(CC(=O)N1CCN(C(=O)c2ccc(Cl)cc2Cl)CC1)c1ccc(F)cc1. The molecule has 1 fully saturated rings. The van der Waals surface area contributed by atoms with Crippen LogP contribution >= 0.6 is 23.2 Å². The normalized spacial score (nSPS) is 15.4. The highest BCUT2D eigenvalue weighted by Crippen LogP contribution is 2.24. The third-order valence-electron chi connectivity index (χ3n) is 5.00. The summed E-state index contributed by atoms with van der Waals surface area (Å²) in [6.45, 7) is 3.81. The molecule has 1 unspecified atom stereocenters. The lowest BCUT2D eigenvalue weighted by atomic mass is 9.97. The van der Waals surface area contributed by atoms with Gasteiger partial charge in [0.25, 0.3) is 5.91 Å². The molecule has 2 aromatic carbocycles. The van der Waals surface area contributed by atoms with E-state index in [1.165, 1.54) is 12.1 Å². The predicted molar refractivity (Wildman–Crippen MR) is 108 cm³/mol. The van der Waals surface area contributed by atoms with Crippen LogP contribution in [0.4, 0.5) is 4.39 Å². The second-order valence-electron chi connectivity index (χ2n) is 6.95. The largest absolute Gasteiger partial charge is 0.339 e. The van der Waals surface area contributed by atoms with Gasteiger partial charge in [-0.25, -0.2) is 4.39 Å². The molecule has 0 spiro atoms. The predicted octanol–water partition coefficient (Wildman–Crippen LogP) is 4.61. The van der Waals surface area contributed by atoms with Gasteiger partial charge in [-0.3, -0.25) is 9.59 Å². The number of hydrogen-bond donors (Lipinski definition) is 0. The van der Waals surface area contributed by atoms with Crippen LogP contribution in [0.3, 0.4) is 0 Å². The first kappa shape index (κ1) is 20.6. The molecule has 0 aliphatic carbocycles. The standard InChI is InChI=1S/C21H21Cl2FN2O2/c1-14(15-2-5-17(24)6-3-15)12-20(27)25-8-10-26(11-9-25)21(28)18-7-4-16(22)13-19(18)23/h2-7,13-14H,8-12H2,1H3. The highest BCUT2D eigenvalue weighted by Gasteiger charge is 2.26. The third kappa shape index (κ3) is 4.83. The van der Waals surface area contributed by atoms with Crippen LogP contribution in [0.2, 0.25) is 10.0 Å². The number of benzene rings is 2. The molecule has 1 atom stereocenters. The molecule has 3 rings (SSSR count). The van der Waals surface area contributed by atoms with Gasteiger partial charge in [-0.15, -0.1) is 0 Å². The van der Waals surface area contributed by atoms with Crippen LogP contribution in [0.5, 0.6) is 0 Å². The summed E-state index contributed by atoms with van der Waals surface area (Å²) >= 11 is 12.0. The smallest absolute Gasteiger partial charge is 0.255 e. The summed E-state index contributed by atoms with van der Waals surface area (Å²) in [7, 11) is 0. The van der Waals surface area contributed by atoms with Crippen molar-refractivity contribution in [2.24, 2.45) is 0 Å². The molecule has 4 nitrogen and oxygen atoms in total. The van der Waals surface area contributed by atoms with Crippen molar-refractivity contribution < 1.29 is 14.0 Å². The lowest BCUT2D eigenvalue weighted by Crippen LogP contribution is -2.50. The van der Waals surface area contributed by atoms with Crippen LogP contribution in [0.15, 0.2) is 42.5 Å². The lowest BCUT2D eigenvalue weighted by molar-refractivity contribution is -0.133. The topological polar surface area (TPSA) is 40.6 Å². The van der Waals surface area contributed by atoms with Crippen molar-refractivity contribution in [2.75, 3.05) is 26.2 Å². The van der Waals surface area contributed by atoms with Crippen molar-refractivity contribution in [3.8, 4) is 0 Å². The zero-order valence-corrected chi connectivity index (χ0v) is 17.0. The zero-order valence-electron chi connectivity index (χ0n) is 15.5. The average Bonchev–Trinajstić information content (AvgIpc) is 2.68. The Balaban J connectivity index is 1.55. The van der Waals surface area contributed by atoms with Gasteiger partial charge in [-0.2, -0.15) is 0 Å². The molecule has 0 bridgehead atoms. The van der Waals surface area contributed by atoms with Crippen molar-refractivity contribution >= 4 is 35.0 Å². The van der Waals surface area contributed by atoms with Gasteiger partial charge in [-0.05, 0) is 41.8 Å². The molecule has 2 aromatic rings. The summed E-state index contributed by atoms with van der Waals surface area (Å²) in [6.07, 6.45) is 0.350. The Labute approximate surface area is 173 Å². The molecule has 1 aliphatic rings. The molecule has 148 valence electrons. The fourth-order valence-corrected chi connectivity index (χ4v) is 3.78. The maximum Gasteiger partial charge on any atom is 0.255 e. The van der Waals surface area contributed by atoms with Gasteiger partial charge in [0.15, 0.2) is 0 Å². The van der Waals surface area contributed by atoms with Crippen LogP contribution in [-0.4, -0.2) is 47.8 Å². The Morgan fingerprint density at radius 2 is 1.61 bits per heavy atom. The van der Waals surface area contributed by atoms with Gasteiger partial charge in [0.1, 0.15) is 5.82 Å². The Hall–Kier alpha value is -2.11. The summed E-state index contributed by atoms with van der Waals surface area (Å²) in [5, 5.41) is 0.802. The number of hydrogen-bond acceptors (Lipinski definition) is 2. The number of amides is 2. The molecule has 7 heteroatoms. The molecule has 0 aromatic heterocycles. The number of carbonyl (C=O) groups is 2. The summed E-state index contributed by atoms with van der Waals surface area (Å²) in [5.41, 5.74) is 1.34. The van der Waals surface area contributed by atoms with Gasteiger partial charge in [0, 0.05) is 37.6 Å². The fraction of sp³-hybridized carbons (Fsp3) is 0.333. The van der Waals surface area contributed by atoms with Crippen LogP contribution in [-0.2, 0) is 4.79 Å². The minimum atomic E-state index is -0.288. The van der Waals surface area contributed by atoms with Crippen LogP contribution in [0.25, 0.3) is 0 Å². The highest BCUT2D eigenvalue weighted by molar-refractivity contribution is 6.36. The second kappa shape index (κ2) is 8.93. The second-order valence-corrected chi connectivity index (χ2v) is 7.80. The Bertz CT molecular complexity index is 865. The van der Waals surface area contributed by atoms with E-state index in [1.807, 2.05) is 6.92 Å². The minimum absolute atomic E-state index is 0.000588. The van der Waals surface area contributed by atoms with E-state index in [0.717, 1.165) is 5.56 Å². The molecule has 0 saturated carbocycles. The number of piperazine rings is 1. The number of carbonyl (C=O) groups excluding carboxylic acids is 2. The average molecular weight is 423 g/mol. The zero-order chi connectivity index (χ0) is 20.3. The third-order valence-corrected chi connectivity index (χ3v) is 5.55. The van der Waals surface area contributed by atoms with E-state index >= 15 is 0 Å². The van der Waals surface area contributed by atoms with Gasteiger partial charge < -0.3 is 9.80 Å². The summed E-state index contributed by atoms with van der Waals surface area (Å²) in [6, 6.07) is 11.0. The Morgan fingerprint density at radius 1 is 1.00 bits per heavy atom. The highest BCUT2D eigenvalue weighted by atomic mass is 35.5. The minimum Gasteiger partial charge on any atom is -0.339 e.